The van der Waals surface area contributed by atoms with Gasteiger partial charge in [-0.05, 0) is 54.4 Å². The molecule has 1 aliphatic heterocycles. The molecule has 27 heavy (non-hydrogen) atoms. The van der Waals surface area contributed by atoms with E-state index in [9.17, 15) is 14.9 Å². The van der Waals surface area contributed by atoms with Gasteiger partial charge < -0.3 is 4.74 Å². The van der Waals surface area contributed by atoms with Gasteiger partial charge in [-0.3, -0.25) is 19.8 Å². The highest BCUT2D eigenvalue weighted by molar-refractivity contribution is 6.34. The maximum atomic E-state index is 13.1. The molecular weight excluding hydrogens is 391 g/mol. The second kappa shape index (κ2) is 7.74. The van der Waals surface area contributed by atoms with Gasteiger partial charge >= 0.3 is 0 Å². The van der Waals surface area contributed by atoms with Crippen LogP contribution in [0.4, 0.5) is 5.69 Å². The number of hydrogen-bond donors (Lipinski definition) is 0. The molecule has 1 saturated heterocycles. The standard InChI is InChI=1S/C19H18Cl2N2O4/c1-3-16-18(23(25)26)17(11-8-12(20)10-13(21)9-11)22(19(16)24)14-4-6-15(27-2)7-5-14/h4-10,16-18H,3H2,1-2H3/t16-,17+,18-/m0/s1. The summed E-state index contributed by atoms with van der Waals surface area (Å²) >= 11 is 12.2. The third-order valence-electron chi connectivity index (χ3n) is 4.83. The summed E-state index contributed by atoms with van der Waals surface area (Å²) in [4.78, 5) is 26.1. The minimum Gasteiger partial charge on any atom is -0.497 e. The van der Waals surface area contributed by atoms with Crippen LogP contribution in [0.3, 0.4) is 0 Å². The first-order chi connectivity index (χ1) is 12.9. The Morgan fingerprint density at radius 2 is 1.74 bits per heavy atom. The molecule has 6 nitrogen and oxygen atoms in total. The molecule has 1 heterocycles. The predicted molar refractivity (Wildman–Crippen MR) is 104 cm³/mol. The van der Waals surface area contributed by atoms with Gasteiger partial charge in [0.05, 0.1) is 7.11 Å². The van der Waals surface area contributed by atoms with Crippen molar-refractivity contribution in [3.8, 4) is 5.75 Å². The zero-order chi connectivity index (χ0) is 19.7. The Hall–Kier alpha value is -2.31. The third kappa shape index (κ3) is 3.59. The highest BCUT2D eigenvalue weighted by atomic mass is 35.5. The summed E-state index contributed by atoms with van der Waals surface area (Å²) in [5.74, 6) is -0.388. The van der Waals surface area contributed by atoms with Crippen molar-refractivity contribution in [2.75, 3.05) is 12.0 Å². The molecule has 0 spiro atoms. The molecule has 2 aromatic rings. The lowest BCUT2D eigenvalue weighted by molar-refractivity contribution is -0.530. The van der Waals surface area contributed by atoms with Crippen LogP contribution < -0.4 is 9.64 Å². The molecule has 0 N–H and O–H groups in total. The van der Waals surface area contributed by atoms with Crippen molar-refractivity contribution in [3.63, 3.8) is 0 Å². The number of ether oxygens (including phenoxy) is 1. The summed E-state index contributed by atoms with van der Waals surface area (Å²) in [6.45, 7) is 1.78. The van der Waals surface area contributed by atoms with Crippen molar-refractivity contribution in [1.82, 2.24) is 0 Å². The molecule has 0 aliphatic carbocycles. The Labute approximate surface area is 166 Å². The van der Waals surface area contributed by atoms with E-state index >= 15 is 0 Å². The Balaban J connectivity index is 2.17. The number of carbonyl (C=O) groups is 1. The van der Waals surface area contributed by atoms with Crippen LogP contribution >= 0.6 is 23.2 Å². The van der Waals surface area contributed by atoms with Gasteiger partial charge in [0, 0.05) is 20.7 Å². The molecule has 0 aromatic heterocycles. The highest BCUT2D eigenvalue weighted by Gasteiger charge is 2.55. The smallest absolute Gasteiger partial charge is 0.249 e. The minimum atomic E-state index is -1.10. The van der Waals surface area contributed by atoms with Crippen LogP contribution in [-0.2, 0) is 4.79 Å². The maximum absolute atomic E-state index is 13.1. The van der Waals surface area contributed by atoms with Gasteiger partial charge in [0.15, 0.2) is 0 Å². The Bertz CT molecular complexity index is 852. The molecular formula is C19H18Cl2N2O4. The highest BCUT2D eigenvalue weighted by Crippen LogP contribution is 2.44. The van der Waals surface area contributed by atoms with Crippen molar-refractivity contribution in [1.29, 1.82) is 0 Å². The molecule has 0 unspecified atom stereocenters. The van der Waals surface area contributed by atoms with Crippen molar-refractivity contribution >= 4 is 34.8 Å². The Kier molecular flexibility index (Phi) is 5.58. The van der Waals surface area contributed by atoms with Gasteiger partial charge in [0.25, 0.3) is 0 Å². The quantitative estimate of drug-likeness (QED) is 0.527. The molecule has 0 radical (unpaired) electrons. The van der Waals surface area contributed by atoms with Gasteiger partial charge in [-0.1, -0.05) is 30.1 Å². The maximum Gasteiger partial charge on any atom is 0.249 e. The lowest BCUT2D eigenvalue weighted by atomic mass is 9.92. The fourth-order valence-electron chi connectivity index (χ4n) is 3.64. The molecule has 1 fully saturated rings. The molecule has 3 atom stereocenters. The first-order valence-electron chi connectivity index (χ1n) is 8.44. The van der Waals surface area contributed by atoms with Crippen LogP contribution in [0.5, 0.6) is 5.75 Å². The fourth-order valence-corrected chi connectivity index (χ4v) is 4.18. The largest absolute Gasteiger partial charge is 0.497 e. The molecule has 1 aliphatic rings. The summed E-state index contributed by atoms with van der Waals surface area (Å²) in [5.41, 5.74) is 1.10. The van der Waals surface area contributed by atoms with Crippen molar-refractivity contribution in [3.05, 3.63) is 68.2 Å². The van der Waals surface area contributed by atoms with Crippen molar-refractivity contribution in [2.24, 2.45) is 5.92 Å². The van der Waals surface area contributed by atoms with E-state index in [2.05, 4.69) is 0 Å². The van der Waals surface area contributed by atoms with E-state index in [0.717, 1.165) is 0 Å². The molecule has 2 aromatic carbocycles. The summed E-state index contributed by atoms with van der Waals surface area (Å²) in [6.07, 6.45) is 0.363. The lowest BCUT2D eigenvalue weighted by Gasteiger charge is -2.26. The normalized spacial score (nSPS) is 22.1. The summed E-state index contributed by atoms with van der Waals surface area (Å²) in [6, 6.07) is 9.75. The minimum absolute atomic E-state index is 0.287. The SMILES string of the molecule is CC[C@@H]1C(=O)N(c2ccc(OC)cc2)[C@H](c2cc(Cl)cc(Cl)c2)[C@H]1[N+](=O)[O-]. The Morgan fingerprint density at radius 3 is 2.22 bits per heavy atom. The molecule has 0 bridgehead atoms. The second-order valence-corrected chi connectivity index (χ2v) is 7.22. The van der Waals surface area contributed by atoms with Crippen molar-refractivity contribution in [2.45, 2.75) is 25.4 Å². The van der Waals surface area contributed by atoms with E-state index in [-0.39, 0.29) is 10.8 Å². The van der Waals surface area contributed by atoms with Crippen molar-refractivity contribution < 1.29 is 14.5 Å². The third-order valence-corrected chi connectivity index (χ3v) is 5.27. The van der Waals surface area contributed by atoms with E-state index in [0.29, 0.717) is 33.5 Å². The average molecular weight is 409 g/mol. The zero-order valence-electron chi connectivity index (χ0n) is 14.8. The number of halogens is 2. The van der Waals surface area contributed by atoms with E-state index in [1.165, 1.54) is 4.90 Å². The van der Waals surface area contributed by atoms with Crippen LogP contribution in [0.2, 0.25) is 10.0 Å². The summed E-state index contributed by atoms with van der Waals surface area (Å²) < 4.78 is 5.16. The monoisotopic (exact) mass is 408 g/mol. The number of carbonyl (C=O) groups excluding carboxylic acids is 1. The van der Waals surface area contributed by atoms with Gasteiger partial charge in [0.2, 0.25) is 11.9 Å². The second-order valence-electron chi connectivity index (χ2n) is 6.34. The van der Waals surface area contributed by atoms with Crippen LogP contribution in [-0.4, -0.2) is 24.0 Å². The fraction of sp³-hybridized carbons (Fsp3) is 0.316. The average Bonchev–Trinajstić information content (AvgIpc) is 2.93. The number of nitrogens with zero attached hydrogens (tertiary/aromatic N) is 2. The van der Waals surface area contributed by atoms with E-state index in [1.54, 1.807) is 56.5 Å². The van der Waals surface area contributed by atoms with Crippen LogP contribution in [0.15, 0.2) is 42.5 Å². The lowest BCUT2D eigenvalue weighted by Crippen LogP contribution is -2.33. The number of nitro groups is 1. The zero-order valence-corrected chi connectivity index (χ0v) is 16.3. The molecule has 142 valence electrons. The number of amides is 1. The summed E-state index contributed by atoms with van der Waals surface area (Å²) in [7, 11) is 1.54. The predicted octanol–water partition coefficient (Wildman–Crippen LogP) is 4.76. The number of methoxy groups -OCH3 is 1. The molecule has 8 heteroatoms. The number of anilines is 1. The van der Waals surface area contributed by atoms with Crippen LogP contribution in [0.1, 0.15) is 24.9 Å². The Morgan fingerprint density at radius 1 is 1.15 bits per heavy atom. The van der Waals surface area contributed by atoms with Gasteiger partial charge in [-0.25, -0.2) is 0 Å². The van der Waals surface area contributed by atoms with E-state index in [4.69, 9.17) is 27.9 Å². The molecule has 3 rings (SSSR count). The van der Waals surface area contributed by atoms with E-state index < -0.39 is 18.0 Å². The first kappa shape index (κ1) is 19.5. The number of hydrogen-bond acceptors (Lipinski definition) is 4. The molecule has 1 amide bonds. The summed E-state index contributed by atoms with van der Waals surface area (Å²) in [5, 5.41) is 12.6. The number of rotatable bonds is 5. The van der Waals surface area contributed by atoms with E-state index in [1.807, 2.05) is 0 Å². The van der Waals surface area contributed by atoms with Crippen LogP contribution in [0.25, 0.3) is 0 Å². The number of benzene rings is 2. The van der Waals surface area contributed by atoms with Crippen LogP contribution in [0, 0.1) is 16.0 Å². The van der Waals surface area contributed by atoms with Gasteiger partial charge in [-0.15, -0.1) is 0 Å². The first-order valence-corrected chi connectivity index (χ1v) is 9.19. The molecule has 0 saturated carbocycles. The van der Waals surface area contributed by atoms with Gasteiger partial charge in [0.1, 0.15) is 17.7 Å². The topological polar surface area (TPSA) is 72.7 Å². The van der Waals surface area contributed by atoms with Gasteiger partial charge in [-0.2, -0.15) is 0 Å².